The van der Waals surface area contributed by atoms with Crippen LogP contribution < -0.4 is 0 Å². The van der Waals surface area contributed by atoms with Crippen molar-refractivity contribution >= 4 is 28.6 Å². The quantitative estimate of drug-likeness (QED) is 0.445. The normalized spacial score (nSPS) is 11.4. The maximum atomic E-state index is 10.8. The summed E-state index contributed by atoms with van der Waals surface area (Å²) < 4.78 is 5.80. The van der Waals surface area contributed by atoms with Crippen LogP contribution in [0.5, 0.6) is 0 Å². The first kappa shape index (κ1) is 10.9. The van der Waals surface area contributed by atoms with E-state index in [1.54, 1.807) is 13.0 Å². The Morgan fingerprint density at radius 1 is 1.55 bits per heavy atom. The molecule has 64 valence electrons. The highest BCUT2D eigenvalue weighted by Gasteiger charge is 1.97. The van der Waals surface area contributed by atoms with E-state index in [-0.39, 0.29) is 5.97 Å². The molecular formula is C8H13IO2. The Hall–Kier alpha value is -0.0600. The second kappa shape index (κ2) is 6.64. The Morgan fingerprint density at radius 3 is 2.64 bits per heavy atom. The summed E-state index contributed by atoms with van der Waals surface area (Å²) in [6, 6.07) is 0. The molecule has 0 saturated carbocycles. The molecule has 0 aliphatic carbocycles. The Bertz CT molecular complexity index is 152. The Labute approximate surface area is 81.1 Å². The van der Waals surface area contributed by atoms with Gasteiger partial charge in [0.1, 0.15) is 0 Å². The van der Waals surface area contributed by atoms with E-state index in [4.69, 9.17) is 4.74 Å². The van der Waals surface area contributed by atoms with Crippen molar-refractivity contribution in [1.29, 1.82) is 0 Å². The van der Waals surface area contributed by atoms with Crippen LogP contribution in [0.1, 0.15) is 26.7 Å². The fourth-order valence-electron chi connectivity index (χ4n) is 0.623. The van der Waals surface area contributed by atoms with Gasteiger partial charge in [0.05, 0.1) is 6.61 Å². The predicted octanol–water partition coefficient (Wildman–Crippen LogP) is 2.67. The number of hydrogen-bond acceptors (Lipinski definition) is 2. The van der Waals surface area contributed by atoms with Gasteiger partial charge >= 0.3 is 5.97 Å². The van der Waals surface area contributed by atoms with Gasteiger partial charge in [-0.15, -0.1) is 0 Å². The lowest BCUT2D eigenvalue weighted by atomic mass is 10.3. The fraction of sp³-hybridized carbons (Fsp3) is 0.625. The molecule has 0 radical (unpaired) electrons. The minimum atomic E-state index is -0.231. The van der Waals surface area contributed by atoms with Crippen LogP contribution in [0.3, 0.4) is 0 Å². The van der Waals surface area contributed by atoms with Gasteiger partial charge in [-0.2, -0.15) is 0 Å². The first-order valence-corrected chi connectivity index (χ1v) is 4.81. The zero-order valence-corrected chi connectivity index (χ0v) is 9.05. The molecule has 0 saturated heterocycles. The standard InChI is InChI=1S/C8H13IO2/c1-3-5-7(9)6-8(10)11-4-2/h6H,3-5H2,1-2H3/b7-6-. The highest BCUT2D eigenvalue weighted by Crippen LogP contribution is 2.12. The minimum Gasteiger partial charge on any atom is -0.463 e. The third kappa shape index (κ3) is 6.34. The third-order valence-electron chi connectivity index (χ3n) is 1.05. The lowest BCUT2D eigenvalue weighted by molar-refractivity contribution is -0.137. The van der Waals surface area contributed by atoms with Crippen LogP contribution in [0.15, 0.2) is 9.66 Å². The van der Waals surface area contributed by atoms with Crippen LogP contribution in [0, 0.1) is 0 Å². The summed E-state index contributed by atoms with van der Waals surface area (Å²) in [6.45, 7) is 4.33. The van der Waals surface area contributed by atoms with Gasteiger partial charge in [0, 0.05) is 6.08 Å². The van der Waals surface area contributed by atoms with E-state index in [9.17, 15) is 4.79 Å². The van der Waals surface area contributed by atoms with Gasteiger partial charge in [-0.25, -0.2) is 4.79 Å². The SMILES string of the molecule is CCC/C(I)=C/C(=O)OCC. The number of rotatable bonds is 4. The number of ether oxygens (including phenoxy) is 1. The smallest absolute Gasteiger partial charge is 0.331 e. The number of allylic oxidation sites excluding steroid dienone is 1. The number of esters is 1. The van der Waals surface area contributed by atoms with Crippen LogP contribution in [-0.4, -0.2) is 12.6 Å². The first-order valence-electron chi connectivity index (χ1n) is 3.73. The van der Waals surface area contributed by atoms with Crippen molar-refractivity contribution in [2.75, 3.05) is 6.61 Å². The molecule has 0 atom stereocenters. The summed E-state index contributed by atoms with van der Waals surface area (Å²) in [4.78, 5) is 10.8. The van der Waals surface area contributed by atoms with Gasteiger partial charge < -0.3 is 4.74 Å². The second-order valence-electron chi connectivity index (χ2n) is 2.09. The monoisotopic (exact) mass is 268 g/mol. The minimum absolute atomic E-state index is 0.231. The molecule has 0 aromatic rings. The topological polar surface area (TPSA) is 26.3 Å². The molecule has 0 N–H and O–H groups in total. The van der Waals surface area contributed by atoms with E-state index < -0.39 is 0 Å². The fourth-order valence-corrected chi connectivity index (χ4v) is 1.42. The van der Waals surface area contributed by atoms with Crippen molar-refractivity contribution in [3.05, 3.63) is 9.66 Å². The lowest BCUT2D eigenvalue weighted by Crippen LogP contribution is -1.99. The van der Waals surface area contributed by atoms with Crippen LogP contribution in [0.4, 0.5) is 0 Å². The summed E-state index contributed by atoms with van der Waals surface area (Å²) in [5.74, 6) is -0.231. The second-order valence-corrected chi connectivity index (χ2v) is 3.48. The lowest BCUT2D eigenvalue weighted by Gasteiger charge is -1.96. The Balaban J connectivity index is 3.76. The molecule has 2 nitrogen and oxygen atoms in total. The van der Waals surface area contributed by atoms with Crippen LogP contribution >= 0.6 is 22.6 Å². The molecule has 0 aliphatic rings. The van der Waals surface area contributed by atoms with Crippen molar-refractivity contribution in [1.82, 2.24) is 0 Å². The highest BCUT2D eigenvalue weighted by atomic mass is 127. The molecule has 0 amide bonds. The Kier molecular flexibility index (Phi) is 6.60. The summed E-state index contributed by atoms with van der Waals surface area (Å²) in [5.41, 5.74) is 0. The van der Waals surface area contributed by atoms with Gasteiger partial charge in [-0.1, -0.05) is 13.3 Å². The molecule has 0 bridgehead atoms. The van der Waals surface area contributed by atoms with E-state index in [2.05, 4.69) is 29.5 Å². The number of carbonyl (C=O) groups excluding carboxylic acids is 1. The maximum Gasteiger partial charge on any atom is 0.331 e. The molecule has 0 rings (SSSR count). The molecule has 0 spiro atoms. The Morgan fingerprint density at radius 2 is 2.18 bits per heavy atom. The predicted molar refractivity (Wildman–Crippen MR) is 53.6 cm³/mol. The number of carbonyl (C=O) groups is 1. The summed E-state index contributed by atoms with van der Waals surface area (Å²) in [6.07, 6.45) is 3.57. The molecule has 0 fully saturated rings. The van der Waals surface area contributed by atoms with Crippen molar-refractivity contribution in [3.63, 3.8) is 0 Å². The summed E-state index contributed by atoms with van der Waals surface area (Å²) in [5, 5.41) is 0. The van der Waals surface area contributed by atoms with Crippen molar-refractivity contribution in [2.45, 2.75) is 26.7 Å². The van der Waals surface area contributed by atoms with Crippen LogP contribution in [0.2, 0.25) is 0 Å². The zero-order chi connectivity index (χ0) is 8.69. The number of hydrogen-bond donors (Lipinski definition) is 0. The maximum absolute atomic E-state index is 10.8. The third-order valence-corrected chi connectivity index (χ3v) is 1.90. The highest BCUT2D eigenvalue weighted by molar-refractivity contribution is 14.1. The van der Waals surface area contributed by atoms with E-state index >= 15 is 0 Å². The van der Waals surface area contributed by atoms with E-state index in [1.165, 1.54) is 0 Å². The molecule has 0 unspecified atom stereocenters. The molecule has 0 heterocycles. The van der Waals surface area contributed by atoms with E-state index in [0.29, 0.717) is 6.61 Å². The van der Waals surface area contributed by atoms with E-state index in [0.717, 1.165) is 16.4 Å². The summed E-state index contributed by atoms with van der Waals surface area (Å²) in [7, 11) is 0. The largest absolute Gasteiger partial charge is 0.463 e. The molecule has 3 heteroatoms. The van der Waals surface area contributed by atoms with Crippen molar-refractivity contribution in [2.24, 2.45) is 0 Å². The van der Waals surface area contributed by atoms with Gasteiger partial charge in [-0.3, -0.25) is 0 Å². The van der Waals surface area contributed by atoms with Gasteiger partial charge in [0.25, 0.3) is 0 Å². The van der Waals surface area contributed by atoms with Crippen molar-refractivity contribution < 1.29 is 9.53 Å². The molecule has 0 aromatic heterocycles. The van der Waals surface area contributed by atoms with Gasteiger partial charge in [0.15, 0.2) is 0 Å². The number of halogens is 1. The van der Waals surface area contributed by atoms with Crippen LogP contribution in [-0.2, 0) is 9.53 Å². The molecule has 0 aromatic carbocycles. The average molecular weight is 268 g/mol. The molecular weight excluding hydrogens is 255 g/mol. The van der Waals surface area contributed by atoms with Gasteiger partial charge in [-0.05, 0) is 39.5 Å². The first-order chi connectivity index (χ1) is 5.20. The zero-order valence-electron chi connectivity index (χ0n) is 6.89. The molecule has 0 aliphatic heterocycles. The van der Waals surface area contributed by atoms with Crippen molar-refractivity contribution in [3.8, 4) is 0 Å². The average Bonchev–Trinajstić information content (AvgIpc) is 1.87. The van der Waals surface area contributed by atoms with Gasteiger partial charge in [0.2, 0.25) is 0 Å². The molecule has 11 heavy (non-hydrogen) atoms. The van der Waals surface area contributed by atoms with E-state index in [1.807, 2.05) is 0 Å². The summed E-state index contributed by atoms with van der Waals surface area (Å²) >= 11 is 2.16. The van der Waals surface area contributed by atoms with Crippen LogP contribution in [0.25, 0.3) is 0 Å².